The zero-order valence-corrected chi connectivity index (χ0v) is 10.5. The van der Waals surface area contributed by atoms with Gasteiger partial charge in [0.15, 0.2) is 0 Å². The number of thiophene rings is 1. The Hall–Kier alpha value is -1.36. The highest BCUT2D eigenvalue weighted by atomic mass is 32.1. The van der Waals surface area contributed by atoms with E-state index in [-0.39, 0.29) is 17.8 Å². The highest BCUT2D eigenvalue weighted by molar-refractivity contribution is 7.12. The van der Waals surface area contributed by atoms with Crippen LogP contribution in [0.25, 0.3) is 0 Å². The molecule has 4 nitrogen and oxygen atoms in total. The first-order chi connectivity index (χ1) is 8.22. The van der Waals surface area contributed by atoms with Gasteiger partial charge in [-0.3, -0.25) is 9.59 Å². The van der Waals surface area contributed by atoms with Gasteiger partial charge in [0.2, 0.25) is 0 Å². The van der Waals surface area contributed by atoms with Crippen LogP contribution in [0.1, 0.15) is 22.5 Å². The van der Waals surface area contributed by atoms with Gasteiger partial charge in [-0.15, -0.1) is 11.3 Å². The summed E-state index contributed by atoms with van der Waals surface area (Å²) in [6, 6.07) is 3.67. The van der Waals surface area contributed by atoms with Crippen LogP contribution in [-0.4, -0.2) is 37.0 Å². The van der Waals surface area contributed by atoms with Gasteiger partial charge < -0.3 is 9.64 Å². The largest absolute Gasteiger partial charge is 0.469 e. The molecule has 2 heterocycles. The Balaban J connectivity index is 2.02. The molecule has 1 saturated heterocycles. The quantitative estimate of drug-likeness (QED) is 0.755. The Labute approximate surface area is 104 Å². The van der Waals surface area contributed by atoms with E-state index in [1.54, 1.807) is 4.90 Å². The number of piperidine rings is 1. The van der Waals surface area contributed by atoms with Crippen LogP contribution in [0.5, 0.6) is 0 Å². The minimum Gasteiger partial charge on any atom is -0.469 e. The minimum absolute atomic E-state index is 0.0219. The molecule has 1 aromatic rings. The lowest BCUT2D eigenvalue weighted by Crippen LogP contribution is -2.42. The number of esters is 1. The molecule has 0 N–H and O–H groups in total. The van der Waals surface area contributed by atoms with Crippen molar-refractivity contribution in [3.8, 4) is 0 Å². The maximum atomic E-state index is 12.1. The van der Waals surface area contributed by atoms with Crippen LogP contribution in [0.15, 0.2) is 17.5 Å². The molecule has 1 atom stereocenters. The summed E-state index contributed by atoms with van der Waals surface area (Å²) in [5, 5.41) is 1.88. The molecule has 1 aromatic heterocycles. The number of amides is 1. The Kier molecular flexibility index (Phi) is 3.78. The number of rotatable bonds is 2. The van der Waals surface area contributed by atoms with Crippen LogP contribution >= 0.6 is 11.3 Å². The number of ether oxygens (including phenoxy) is 1. The first kappa shape index (κ1) is 12.1. The van der Waals surface area contributed by atoms with Crippen LogP contribution in [0.4, 0.5) is 0 Å². The molecular weight excluding hydrogens is 238 g/mol. The number of nitrogens with zero attached hydrogens (tertiary/aromatic N) is 1. The Morgan fingerprint density at radius 3 is 3.00 bits per heavy atom. The summed E-state index contributed by atoms with van der Waals surface area (Å²) in [7, 11) is 1.39. The number of hydrogen-bond donors (Lipinski definition) is 0. The highest BCUT2D eigenvalue weighted by Crippen LogP contribution is 2.21. The molecule has 0 radical (unpaired) electrons. The minimum atomic E-state index is -0.214. The van der Waals surface area contributed by atoms with Gasteiger partial charge in [-0.25, -0.2) is 0 Å². The van der Waals surface area contributed by atoms with Gasteiger partial charge in [0.1, 0.15) is 0 Å². The molecular formula is C12H15NO3S. The molecule has 0 aliphatic carbocycles. The molecule has 0 bridgehead atoms. The molecule has 2 rings (SSSR count). The first-order valence-electron chi connectivity index (χ1n) is 5.63. The van der Waals surface area contributed by atoms with Gasteiger partial charge in [-0.05, 0) is 24.3 Å². The molecule has 1 aliphatic heterocycles. The second-order valence-electron chi connectivity index (χ2n) is 4.09. The fourth-order valence-electron chi connectivity index (χ4n) is 2.08. The molecule has 0 unspecified atom stereocenters. The third-order valence-corrected chi connectivity index (χ3v) is 3.83. The molecule has 1 aliphatic rings. The average molecular weight is 253 g/mol. The Morgan fingerprint density at radius 1 is 1.53 bits per heavy atom. The smallest absolute Gasteiger partial charge is 0.310 e. The number of carbonyl (C=O) groups is 2. The predicted molar refractivity (Wildman–Crippen MR) is 65.0 cm³/mol. The zero-order chi connectivity index (χ0) is 12.3. The number of hydrogen-bond acceptors (Lipinski definition) is 4. The first-order valence-corrected chi connectivity index (χ1v) is 6.51. The zero-order valence-electron chi connectivity index (χ0n) is 9.72. The summed E-state index contributed by atoms with van der Waals surface area (Å²) in [6.07, 6.45) is 1.66. The van der Waals surface area contributed by atoms with Crippen LogP contribution in [0.3, 0.4) is 0 Å². The lowest BCUT2D eigenvalue weighted by Gasteiger charge is -2.31. The monoisotopic (exact) mass is 253 g/mol. The van der Waals surface area contributed by atoms with E-state index in [0.29, 0.717) is 6.54 Å². The van der Waals surface area contributed by atoms with Crippen molar-refractivity contribution in [2.45, 2.75) is 12.8 Å². The average Bonchev–Trinajstić information content (AvgIpc) is 2.91. The van der Waals surface area contributed by atoms with E-state index in [0.717, 1.165) is 24.3 Å². The van der Waals surface area contributed by atoms with E-state index in [1.807, 2.05) is 17.5 Å². The summed E-state index contributed by atoms with van der Waals surface area (Å²) in [6.45, 7) is 1.20. The van der Waals surface area contributed by atoms with Gasteiger partial charge in [0.25, 0.3) is 5.91 Å². The van der Waals surface area contributed by atoms with Crippen molar-refractivity contribution < 1.29 is 14.3 Å². The third kappa shape index (κ3) is 2.66. The lowest BCUT2D eigenvalue weighted by atomic mass is 9.98. The van der Waals surface area contributed by atoms with E-state index < -0.39 is 0 Å². The van der Waals surface area contributed by atoms with Crippen LogP contribution in [-0.2, 0) is 9.53 Å². The van der Waals surface area contributed by atoms with E-state index in [4.69, 9.17) is 4.74 Å². The lowest BCUT2D eigenvalue weighted by molar-refractivity contribution is -0.146. The van der Waals surface area contributed by atoms with Crippen molar-refractivity contribution in [1.29, 1.82) is 0 Å². The number of methoxy groups -OCH3 is 1. The standard InChI is InChI=1S/C12H15NO3S/c1-16-12(15)9-4-2-6-13(8-9)11(14)10-5-3-7-17-10/h3,5,7,9H,2,4,6,8H2,1H3/t9-/m0/s1. The maximum Gasteiger partial charge on any atom is 0.310 e. The maximum absolute atomic E-state index is 12.1. The Bertz CT molecular complexity index is 402. The van der Waals surface area contributed by atoms with E-state index in [1.165, 1.54) is 18.4 Å². The third-order valence-electron chi connectivity index (χ3n) is 2.98. The number of carbonyl (C=O) groups excluding carboxylic acids is 2. The van der Waals surface area contributed by atoms with Gasteiger partial charge in [-0.2, -0.15) is 0 Å². The van der Waals surface area contributed by atoms with Crippen LogP contribution in [0.2, 0.25) is 0 Å². The van der Waals surface area contributed by atoms with Crippen molar-refractivity contribution in [3.63, 3.8) is 0 Å². The summed E-state index contributed by atoms with van der Waals surface area (Å²) in [5.41, 5.74) is 0. The second kappa shape index (κ2) is 5.31. The SMILES string of the molecule is COC(=O)[C@H]1CCCN(C(=O)c2cccs2)C1. The summed E-state index contributed by atoms with van der Waals surface area (Å²) in [5.74, 6) is -0.361. The van der Waals surface area contributed by atoms with Gasteiger partial charge in [0.05, 0.1) is 17.9 Å². The summed E-state index contributed by atoms with van der Waals surface area (Å²) >= 11 is 1.43. The Morgan fingerprint density at radius 2 is 2.35 bits per heavy atom. The predicted octanol–water partition coefficient (Wildman–Crippen LogP) is 1.77. The molecule has 0 aromatic carbocycles. The number of likely N-dealkylation sites (tertiary alicyclic amines) is 1. The van der Waals surface area contributed by atoms with E-state index >= 15 is 0 Å². The molecule has 5 heteroatoms. The molecule has 0 spiro atoms. The summed E-state index contributed by atoms with van der Waals surface area (Å²) in [4.78, 5) is 26.0. The van der Waals surface area contributed by atoms with Gasteiger partial charge >= 0.3 is 5.97 Å². The van der Waals surface area contributed by atoms with Crippen molar-refractivity contribution in [2.75, 3.05) is 20.2 Å². The molecule has 17 heavy (non-hydrogen) atoms. The fraction of sp³-hybridized carbons (Fsp3) is 0.500. The van der Waals surface area contributed by atoms with Crippen LogP contribution in [0, 0.1) is 5.92 Å². The highest BCUT2D eigenvalue weighted by Gasteiger charge is 2.29. The van der Waals surface area contributed by atoms with E-state index in [9.17, 15) is 9.59 Å². The van der Waals surface area contributed by atoms with Crippen molar-refractivity contribution >= 4 is 23.2 Å². The summed E-state index contributed by atoms with van der Waals surface area (Å²) < 4.78 is 4.73. The second-order valence-corrected chi connectivity index (χ2v) is 5.04. The molecule has 1 fully saturated rings. The van der Waals surface area contributed by atoms with Gasteiger partial charge in [0, 0.05) is 13.1 Å². The van der Waals surface area contributed by atoms with Crippen LogP contribution < -0.4 is 0 Å². The van der Waals surface area contributed by atoms with Crippen molar-refractivity contribution in [2.24, 2.45) is 5.92 Å². The molecule has 0 saturated carbocycles. The molecule has 92 valence electrons. The van der Waals surface area contributed by atoms with Gasteiger partial charge in [-0.1, -0.05) is 6.07 Å². The topological polar surface area (TPSA) is 46.6 Å². The van der Waals surface area contributed by atoms with Crippen molar-refractivity contribution in [3.05, 3.63) is 22.4 Å². The fourth-order valence-corrected chi connectivity index (χ4v) is 2.77. The normalized spacial score (nSPS) is 20.1. The van der Waals surface area contributed by atoms with Crippen molar-refractivity contribution in [1.82, 2.24) is 4.90 Å². The molecule has 1 amide bonds. The van der Waals surface area contributed by atoms with E-state index in [2.05, 4.69) is 0 Å².